The topological polar surface area (TPSA) is 78.6 Å². The van der Waals surface area contributed by atoms with Crippen LogP contribution in [-0.2, 0) is 40.3 Å². The van der Waals surface area contributed by atoms with Crippen LogP contribution in [0.1, 0.15) is 49.2 Å². The summed E-state index contributed by atoms with van der Waals surface area (Å²) in [5.41, 5.74) is 7.18. The Morgan fingerprint density at radius 2 is 1.89 bits per heavy atom. The first-order valence-corrected chi connectivity index (χ1v) is 12.7. The van der Waals surface area contributed by atoms with Crippen molar-refractivity contribution in [1.82, 2.24) is 19.6 Å². The molecule has 0 saturated heterocycles. The van der Waals surface area contributed by atoms with Crippen molar-refractivity contribution in [2.75, 3.05) is 6.61 Å². The summed E-state index contributed by atoms with van der Waals surface area (Å²) < 4.78 is 14.2. The van der Waals surface area contributed by atoms with Crippen LogP contribution in [0.15, 0.2) is 59.6 Å². The van der Waals surface area contributed by atoms with Crippen LogP contribution < -0.4 is 0 Å². The molecule has 0 atom stereocenters. The van der Waals surface area contributed by atoms with Crippen LogP contribution in [0, 0.1) is 0 Å². The van der Waals surface area contributed by atoms with Gasteiger partial charge in [-0.15, -0.1) is 0 Å². The second kappa shape index (κ2) is 12.0. The predicted molar refractivity (Wildman–Crippen MR) is 138 cm³/mol. The fraction of sp³-hybridized carbons (Fsp3) is 0.333. The van der Waals surface area contributed by atoms with Crippen LogP contribution in [0.4, 0.5) is 0 Å². The minimum atomic E-state index is -0.182. The van der Waals surface area contributed by atoms with E-state index in [1.54, 1.807) is 18.6 Å². The Morgan fingerprint density at radius 1 is 1.06 bits per heavy atom. The van der Waals surface area contributed by atoms with E-state index < -0.39 is 0 Å². The molecule has 0 amide bonds. The molecular weight excluding hydrogens is 508 g/mol. The number of pyridine rings is 2. The summed E-state index contributed by atoms with van der Waals surface area (Å²) in [4.78, 5) is 20.5. The highest BCUT2D eigenvalue weighted by atomic mass is 79.9. The molecule has 35 heavy (non-hydrogen) atoms. The summed E-state index contributed by atoms with van der Waals surface area (Å²) in [5, 5.41) is 5.01. The first kappa shape index (κ1) is 25.0. The van der Waals surface area contributed by atoms with E-state index in [0.29, 0.717) is 39.1 Å². The average molecular weight is 537 g/mol. The van der Waals surface area contributed by atoms with Crippen molar-refractivity contribution in [1.29, 1.82) is 0 Å². The van der Waals surface area contributed by atoms with Crippen molar-refractivity contribution in [2.24, 2.45) is 0 Å². The Balaban J connectivity index is 1.75. The molecule has 0 aliphatic heterocycles. The number of hydrogen-bond donors (Lipinski definition) is 0. The van der Waals surface area contributed by atoms with Gasteiger partial charge in [-0.2, -0.15) is 5.10 Å². The fourth-order valence-corrected chi connectivity index (χ4v) is 4.53. The molecule has 0 N–H and O–H groups in total. The maximum absolute atomic E-state index is 12.0. The summed E-state index contributed by atoms with van der Waals surface area (Å²) in [5.74, 6) is -0.182. The van der Waals surface area contributed by atoms with Gasteiger partial charge in [0.05, 0.1) is 31.0 Å². The average Bonchev–Trinajstić information content (AvgIpc) is 3.27. The number of aromatic nitrogens is 4. The summed E-state index contributed by atoms with van der Waals surface area (Å²) in [6.07, 6.45) is 9.70. The fourth-order valence-electron chi connectivity index (χ4n) is 4.17. The van der Waals surface area contributed by atoms with E-state index in [0.717, 1.165) is 50.1 Å². The molecule has 8 heteroatoms. The highest BCUT2D eigenvalue weighted by molar-refractivity contribution is 9.10. The van der Waals surface area contributed by atoms with Crippen LogP contribution in [0.5, 0.6) is 0 Å². The molecular formula is C27H29BrN4O3. The van der Waals surface area contributed by atoms with E-state index in [-0.39, 0.29) is 5.97 Å². The number of ether oxygens (including phenoxy) is 2. The number of aryl methyl sites for hydroxylation is 1. The first-order chi connectivity index (χ1) is 17.1. The number of carbonyl (C=O) groups is 1. The van der Waals surface area contributed by atoms with Crippen molar-refractivity contribution in [3.63, 3.8) is 0 Å². The van der Waals surface area contributed by atoms with Crippen LogP contribution in [-0.4, -0.2) is 32.2 Å². The zero-order chi connectivity index (χ0) is 24.6. The minimum absolute atomic E-state index is 0.182. The third kappa shape index (κ3) is 6.13. The van der Waals surface area contributed by atoms with Gasteiger partial charge in [-0.1, -0.05) is 6.92 Å². The number of nitrogens with zero attached hydrogens (tertiary/aromatic N) is 4. The summed E-state index contributed by atoms with van der Waals surface area (Å²) >= 11 is 3.57. The molecule has 4 rings (SSSR count). The molecule has 4 aromatic heterocycles. The lowest BCUT2D eigenvalue weighted by Crippen LogP contribution is -2.11. The van der Waals surface area contributed by atoms with Gasteiger partial charge in [0.15, 0.2) is 0 Å². The molecule has 0 spiro atoms. The maximum atomic E-state index is 12.0. The summed E-state index contributed by atoms with van der Waals surface area (Å²) in [7, 11) is 0. The second-order valence-corrected chi connectivity index (χ2v) is 9.09. The molecule has 0 fully saturated rings. The zero-order valence-corrected chi connectivity index (χ0v) is 21.6. The summed E-state index contributed by atoms with van der Waals surface area (Å²) in [6, 6.07) is 10.2. The standard InChI is InChI=1S/C27H29BrN4O3/c1-3-22-8-9-25-27(20-14-21(28)16-30-15-20)23(6-5-7-26(33)35-4-2)24(31-32(22)25)18-34-17-19-10-12-29-13-11-19/h8-16H,3-7,17-18H2,1-2H3. The molecule has 0 aliphatic rings. The number of esters is 1. The first-order valence-electron chi connectivity index (χ1n) is 11.9. The smallest absolute Gasteiger partial charge is 0.305 e. The predicted octanol–water partition coefficient (Wildman–Crippen LogP) is 5.72. The number of rotatable bonds is 11. The second-order valence-electron chi connectivity index (χ2n) is 8.17. The van der Waals surface area contributed by atoms with Crippen LogP contribution in [0.3, 0.4) is 0 Å². The number of carbonyl (C=O) groups excluding carboxylic acids is 1. The Kier molecular flexibility index (Phi) is 8.60. The Bertz CT molecular complexity index is 1290. The van der Waals surface area contributed by atoms with E-state index in [4.69, 9.17) is 14.6 Å². The highest BCUT2D eigenvalue weighted by Gasteiger charge is 2.20. The monoisotopic (exact) mass is 536 g/mol. The quantitative estimate of drug-likeness (QED) is 0.228. The van der Waals surface area contributed by atoms with Gasteiger partial charge in [0.1, 0.15) is 0 Å². The van der Waals surface area contributed by atoms with Crippen molar-refractivity contribution in [2.45, 2.75) is 52.7 Å². The van der Waals surface area contributed by atoms with E-state index in [1.165, 1.54) is 0 Å². The van der Waals surface area contributed by atoms with Gasteiger partial charge in [-0.3, -0.25) is 14.8 Å². The molecule has 0 unspecified atom stereocenters. The van der Waals surface area contributed by atoms with Gasteiger partial charge < -0.3 is 9.47 Å². The van der Waals surface area contributed by atoms with Crippen molar-refractivity contribution >= 4 is 27.4 Å². The van der Waals surface area contributed by atoms with E-state index >= 15 is 0 Å². The minimum Gasteiger partial charge on any atom is -0.466 e. The Morgan fingerprint density at radius 3 is 2.63 bits per heavy atom. The molecule has 4 heterocycles. The molecule has 0 radical (unpaired) electrons. The zero-order valence-electron chi connectivity index (χ0n) is 20.0. The van der Waals surface area contributed by atoms with Crippen molar-refractivity contribution < 1.29 is 14.3 Å². The van der Waals surface area contributed by atoms with Crippen molar-refractivity contribution in [3.05, 3.63) is 82.1 Å². The van der Waals surface area contributed by atoms with Crippen molar-refractivity contribution in [3.8, 4) is 11.1 Å². The molecule has 0 aromatic carbocycles. The third-order valence-electron chi connectivity index (χ3n) is 5.79. The lowest BCUT2D eigenvalue weighted by atomic mass is 9.95. The molecule has 182 valence electrons. The Labute approximate surface area is 213 Å². The van der Waals surface area contributed by atoms with Gasteiger partial charge >= 0.3 is 5.97 Å². The van der Waals surface area contributed by atoms with Crippen LogP contribution in [0.25, 0.3) is 16.6 Å². The largest absolute Gasteiger partial charge is 0.466 e. The molecule has 0 bridgehead atoms. The van der Waals surface area contributed by atoms with E-state index in [2.05, 4.69) is 51.0 Å². The number of fused-ring (bicyclic) bond motifs is 1. The van der Waals surface area contributed by atoms with Gasteiger partial charge in [0.25, 0.3) is 0 Å². The number of hydrogen-bond acceptors (Lipinski definition) is 6. The number of halogens is 1. The lowest BCUT2D eigenvalue weighted by molar-refractivity contribution is -0.143. The molecule has 0 aliphatic carbocycles. The SMILES string of the molecule is CCOC(=O)CCCc1c(COCc2ccncc2)nn2c(CC)ccc2c1-c1cncc(Br)c1. The van der Waals surface area contributed by atoms with Crippen LogP contribution in [0.2, 0.25) is 0 Å². The molecule has 0 saturated carbocycles. The molecule has 4 aromatic rings. The van der Waals surface area contributed by atoms with Gasteiger partial charge in [0.2, 0.25) is 0 Å². The van der Waals surface area contributed by atoms with Gasteiger partial charge in [-0.05, 0) is 83.6 Å². The van der Waals surface area contributed by atoms with E-state index in [1.807, 2.05) is 29.8 Å². The Hall–Kier alpha value is -3.10. The maximum Gasteiger partial charge on any atom is 0.305 e. The van der Waals surface area contributed by atoms with E-state index in [9.17, 15) is 4.79 Å². The third-order valence-corrected chi connectivity index (χ3v) is 6.22. The van der Waals surface area contributed by atoms with Gasteiger partial charge in [0, 0.05) is 52.5 Å². The highest BCUT2D eigenvalue weighted by Crippen LogP contribution is 2.34. The van der Waals surface area contributed by atoms with Gasteiger partial charge in [-0.25, -0.2) is 4.52 Å². The van der Waals surface area contributed by atoms with Crippen LogP contribution >= 0.6 is 15.9 Å². The lowest BCUT2D eigenvalue weighted by Gasteiger charge is -2.18. The summed E-state index contributed by atoms with van der Waals surface area (Å²) in [6.45, 7) is 5.15. The normalized spacial score (nSPS) is 11.2. The molecule has 7 nitrogen and oxygen atoms in total.